The van der Waals surface area contributed by atoms with Gasteiger partial charge >= 0.3 is 5.69 Å². The Morgan fingerprint density at radius 3 is 2.86 bits per heavy atom. The first kappa shape index (κ1) is 18.8. The summed E-state index contributed by atoms with van der Waals surface area (Å²) in [4.78, 5) is 37.4. The highest BCUT2D eigenvalue weighted by molar-refractivity contribution is 8.00. The van der Waals surface area contributed by atoms with E-state index in [9.17, 15) is 9.59 Å². The van der Waals surface area contributed by atoms with Crippen molar-refractivity contribution in [2.24, 2.45) is 0 Å². The van der Waals surface area contributed by atoms with Crippen LogP contribution in [0, 0.1) is 6.92 Å². The summed E-state index contributed by atoms with van der Waals surface area (Å²) in [6.45, 7) is 2.38. The van der Waals surface area contributed by atoms with Crippen molar-refractivity contribution in [3.05, 3.63) is 62.9 Å². The molecule has 0 unspecified atom stereocenters. The Morgan fingerprint density at radius 2 is 2.11 bits per heavy atom. The predicted molar refractivity (Wildman–Crippen MR) is 110 cm³/mol. The number of rotatable bonds is 6. The number of aromatic nitrogens is 4. The Kier molecular flexibility index (Phi) is 5.54. The first-order chi connectivity index (χ1) is 13.6. The minimum Gasteiger partial charge on any atom is -0.301 e. The molecule has 1 amide bonds. The van der Waals surface area contributed by atoms with Crippen molar-refractivity contribution in [2.75, 3.05) is 11.1 Å². The normalized spacial score (nSPS) is 12.8. The molecule has 1 aliphatic carbocycles. The summed E-state index contributed by atoms with van der Waals surface area (Å²) in [7, 11) is 0. The molecule has 3 aromatic heterocycles. The fraction of sp³-hybridized carbons (Fsp3) is 0.316. The number of carbonyl (C=O) groups excluding carboxylic acids is 1. The number of hydrogen-bond acceptors (Lipinski definition) is 7. The van der Waals surface area contributed by atoms with E-state index in [0.717, 1.165) is 41.8 Å². The van der Waals surface area contributed by atoms with Gasteiger partial charge in [0.1, 0.15) is 5.03 Å². The van der Waals surface area contributed by atoms with Crippen LogP contribution in [0.5, 0.6) is 0 Å². The molecule has 0 saturated carbocycles. The van der Waals surface area contributed by atoms with Crippen molar-refractivity contribution in [2.45, 2.75) is 37.8 Å². The third-order valence-corrected chi connectivity index (χ3v) is 6.39. The standard InChI is InChI=1S/C19H19N5O2S2/c1-12-10-28-18(21-12)22-16(25)11-27-17-14-3-2-4-15(14)24(19(26)23-17)9-13-5-7-20-8-6-13/h5-8,10H,2-4,9,11H2,1H3,(H,21,22,25). The van der Waals surface area contributed by atoms with Gasteiger partial charge in [0, 0.05) is 29.0 Å². The van der Waals surface area contributed by atoms with Crippen molar-refractivity contribution in [1.29, 1.82) is 0 Å². The van der Waals surface area contributed by atoms with E-state index in [2.05, 4.69) is 20.3 Å². The summed E-state index contributed by atoms with van der Waals surface area (Å²) in [5.74, 6) is 0.0557. The topological polar surface area (TPSA) is 89.8 Å². The molecule has 0 saturated heterocycles. The second kappa shape index (κ2) is 8.24. The van der Waals surface area contributed by atoms with Crippen molar-refractivity contribution in [1.82, 2.24) is 19.5 Å². The molecule has 0 atom stereocenters. The number of nitrogens with one attached hydrogen (secondary N) is 1. The molecule has 144 valence electrons. The molecule has 0 spiro atoms. The van der Waals surface area contributed by atoms with E-state index in [-0.39, 0.29) is 17.3 Å². The van der Waals surface area contributed by atoms with E-state index >= 15 is 0 Å². The van der Waals surface area contributed by atoms with Crippen molar-refractivity contribution >= 4 is 34.1 Å². The lowest BCUT2D eigenvalue weighted by Gasteiger charge is -2.14. The number of aryl methyl sites for hydroxylation is 1. The Balaban J connectivity index is 1.51. The summed E-state index contributed by atoms with van der Waals surface area (Å²) < 4.78 is 1.75. The van der Waals surface area contributed by atoms with Gasteiger partial charge < -0.3 is 5.32 Å². The van der Waals surface area contributed by atoms with Crippen LogP contribution in [-0.2, 0) is 24.2 Å². The molecule has 4 rings (SSSR count). The van der Waals surface area contributed by atoms with Gasteiger partial charge in [-0.05, 0) is 43.9 Å². The van der Waals surface area contributed by atoms with Gasteiger partial charge in [-0.1, -0.05) is 11.8 Å². The monoisotopic (exact) mass is 413 g/mol. The first-order valence-electron chi connectivity index (χ1n) is 8.96. The van der Waals surface area contributed by atoms with E-state index < -0.39 is 0 Å². The number of fused-ring (bicyclic) bond motifs is 1. The summed E-state index contributed by atoms with van der Waals surface area (Å²) >= 11 is 2.72. The number of thioether (sulfide) groups is 1. The molecule has 1 aliphatic rings. The van der Waals surface area contributed by atoms with Crippen LogP contribution in [0.4, 0.5) is 5.13 Å². The maximum absolute atomic E-state index is 12.7. The highest BCUT2D eigenvalue weighted by Crippen LogP contribution is 2.29. The van der Waals surface area contributed by atoms with Gasteiger partial charge in [-0.3, -0.25) is 14.3 Å². The summed E-state index contributed by atoms with van der Waals surface area (Å²) in [6, 6.07) is 3.81. The molecule has 7 nitrogen and oxygen atoms in total. The van der Waals surface area contributed by atoms with Gasteiger partial charge in [0.2, 0.25) is 5.91 Å². The zero-order valence-corrected chi connectivity index (χ0v) is 17.0. The van der Waals surface area contributed by atoms with Crippen LogP contribution in [0.3, 0.4) is 0 Å². The van der Waals surface area contributed by atoms with Crippen LogP contribution >= 0.6 is 23.1 Å². The lowest BCUT2D eigenvalue weighted by molar-refractivity contribution is -0.113. The molecule has 0 aromatic carbocycles. The zero-order chi connectivity index (χ0) is 19.5. The smallest absolute Gasteiger partial charge is 0.301 e. The summed E-state index contributed by atoms with van der Waals surface area (Å²) in [5, 5.41) is 5.95. The SMILES string of the molecule is Cc1csc(NC(=O)CSc2nc(=O)n(Cc3ccncc3)c3c2CCC3)n1. The van der Waals surface area contributed by atoms with Gasteiger partial charge in [-0.25, -0.2) is 9.78 Å². The number of hydrogen-bond donors (Lipinski definition) is 1. The summed E-state index contributed by atoms with van der Waals surface area (Å²) in [5.41, 5.74) is 3.76. The maximum Gasteiger partial charge on any atom is 0.349 e. The van der Waals surface area contributed by atoms with Crippen LogP contribution in [0.15, 0.2) is 39.7 Å². The molecule has 0 aliphatic heterocycles. The lowest BCUT2D eigenvalue weighted by Crippen LogP contribution is -2.28. The van der Waals surface area contributed by atoms with E-state index in [1.54, 1.807) is 17.0 Å². The number of anilines is 1. The molecular weight excluding hydrogens is 394 g/mol. The van der Waals surface area contributed by atoms with Gasteiger partial charge in [0.15, 0.2) is 5.13 Å². The zero-order valence-electron chi connectivity index (χ0n) is 15.3. The highest BCUT2D eigenvalue weighted by atomic mass is 32.2. The highest BCUT2D eigenvalue weighted by Gasteiger charge is 2.22. The minimum absolute atomic E-state index is 0.145. The first-order valence-corrected chi connectivity index (χ1v) is 10.8. The molecule has 9 heteroatoms. The van der Waals surface area contributed by atoms with Crippen molar-refractivity contribution in [3.63, 3.8) is 0 Å². The molecular formula is C19H19N5O2S2. The third kappa shape index (κ3) is 4.15. The van der Waals surface area contributed by atoms with E-state index in [1.807, 2.05) is 24.4 Å². The predicted octanol–water partition coefficient (Wildman–Crippen LogP) is 2.67. The van der Waals surface area contributed by atoms with E-state index in [4.69, 9.17) is 0 Å². The maximum atomic E-state index is 12.7. The summed E-state index contributed by atoms with van der Waals surface area (Å²) in [6.07, 6.45) is 6.18. The number of pyridine rings is 1. The Morgan fingerprint density at radius 1 is 1.29 bits per heavy atom. The molecule has 0 fully saturated rings. The molecule has 0 bridgehead atoms. The van der Waals surface area contributed by atoms with E-state index in [0.29, 0.717) is 16.7 Å². The third-order valence-electron chi connectivity index (χ3n) is 4.50. The van der Waals surface area contributed by atoms with E-state index in [1.165, 1.54) is 23.1 Å². The number of nitrogens with zero attached hydrogens (tertiary/aromatic N) is 4. The lowest BCUT2D eigenvalue weighted by atomic mass is 10.2. The fourth-order valence-electron chi connectivity index (χ4n) is 3.24. The van der Waals surface area contributed by atoms with Gasteiger partial charge in [-0.2, -0.15) is 4.98 Å². The number of carbonyl (C=O) groups is 1. The van der Waals surface area contributed by atoms with Crippen LogP contribution in [-0.4, -0.2) is 31.2 Å². The van der Waals surface area contributed by atoms with Crippen LogP contribution in [0.25, 0.3) is 0 Å². The average molecular weight is 414 g/mol. The average Bonchev–Trinajstić information content (AvgIpc) is 3.33. The quantitative estimate of drug-likeness (QED) is 0.494. The van der Waals surface area contributed by atoms with Crippen LogP contribution in [0.1, 0.15) is 28.9 Å². The molecule has 0 radical (unpaired) electrons. The fourth-order valence-corrected chi connectivity index (χ4v) is 4.82. The Hall–Kier alpha value is -2.52. The van der Waals surface area contributed by atoms with Gasteiger partial charge in [0.05, 0.1) is 18.0 Å². The van der Waals surface area contributed by atoms with Crippen molar-refractivity contribution in [3.8, 4) is 0 Å². The molecule has 3 aromatic rings. The Bertz CT molecular complexity index is 1060. The largest absolute Gasteiger partial charge is 0.349 e. The minimum atomic E-state index is -0.268. The molecule has 1 N–H and O–H groups in total. The Labute approximate surface area is 170 Å². The molecule has 28 heavy (non-hydrogen) atoms. The second-order valence-corrected chi connectivity index (χ2v) is 8.37. The van der Waals surface area contributed by atoms with Gasteiger partial charge in [-0.15, -0.1) is 11.3 Å². The second-order valence-electron chi connectivity index (χ2n) is 6.55. The molecule has 3 heterocycles. The number of amides is 1. The van der Waals surface area contributed by atoms with Crippen LogP contribution < -0.4 is 11.0 Å². The number of thiazole rings is 1. The van der Waals surface area contributed by atoms with Crippen molar-refractivity contribution < 1.29 is 4.79 Å². The van der Waals surface area contributed by atoms with Crippen LogP contribution in [0.2, 0.25) is 0 Å². The van der Waals surface area contributed by atoms with Gasteiger partial charge in [0.25, 0.3) is 0 Å².